The summed E-state index contributed by atoms with van der Waals surface area (Å²) >= 11 is 6.36. The maximum Gasteiger partial charge on any atom is 0.156 e. The zero-order chi connectivity index (χ0) is 14.2. The van der Waals surface area contributed by atoms with Crippen LogP contribution in [0.25, 0.3) is 33.1 Å². The van der Waals surface area contributed by atoms with Crippen molar-refractivity contribution in [3.05, 3.63) is 71.9 Å². The Morgan fingerprint density at radius 3 is 2.19 bits per heavy atom. The minimum absolute atomic E-state index is 0.435. The molecule has 0 amide bonds. The number of fused-ring (bicyclic) bond motifs is 2. The molecule has 0 aliphatic rings. The van der Waals surface area contributed by atoms with Crippen LogP contribution < -0.4 is 0 Å². The standard InChI is InChI=1S/C18H11ClN2/c19-18-17(20-15-10-3-4-11-16(15)21-18)14-9-5-7-12-6-1-2-8-13(12)14/h1-11H. The molecular weight excluding hydrogens is 280 g/mol. The average molecular weight is 291 g/mol. The lowest BCUT2D eigenvalue weighted by Crippen LogP contribution is -1.92. The molecule has 3 aromatic carbocycles. The van der Waals surface area contributed by atoms with Crippen LogP contribution in [0.1, 0.15) is 0 Å². The van der Waals surface area contributed by atoms with Crippen LogP contribution in [0.2, 0.25) is 5.15 Å². The van der Waals surface area contributed by atoms with Crippen LogP contribution in [0.3, 0.4) is 0 Å². The third-order valence-electron chi connectivity index (χ3n) is 3.57. The molecule has 4 aromatic rings. The normalized spacial score (nSPS) is 11.1. The van der Waals surface area contributed by atoms with Gasteiger partial charge in [0, 0.05) is 5.56 Å². The first-order valence-electron chi connectivity index (χ1n) is 6.73. The van der Waals surface area contributed by atoms with Gasteiger partial charge in [0.25, 0.3) is 0 Å². The van der Waals surface area contributed by atoms with Crippen molar-refractivity contribution in [3.63, 3.8) is 0 Å². The predicted octanol–water partition coefficient (Wildman–Crippen LogP) is 5.10. The quantitative estimate of drug-likeness (QED) is 0.487. The summed E-state index contributed by atoms with van der Waals surface area (Å²) in [5, 5.41) is 2.73. The summed E-state index contributed by atoms with van der Waals surface area (Å²) in [5.74, 6) is 0. The maximum absolute atomic E-state index is 6.36. The Bertz CT molecular complexity index is 958. The van der Waals surface area contributed by atoms with Crippen molar-refractivity contribution in [2.45, 2.75) is 0 Å². The molecule has 21 heavy (non-hydrogen) atoms. The van der Waals surface area contributed by atoms with E-state index in [0.29, 0.717) is 5.15 Å². The third kappa shape index (κ3) is 2.05. The van der Waals surface area contributed by atoms with E-state index in [9.17, 15) is 0 Å². The molecule has 0 aliphatic carbocycles. The van der Waals surface area contributed by atoms with Crippen molar-refractivity contribution < 1.29 is 0 Å². The van der Waals surface area contributed by atoms with Crippen LogP contribution in [-0.4, -0.2) is 9.97 Å². The van der Waals surface area contributed by atoms with Crippen molar-refractivity contribution in [2.75, 3.05) is 0 Å². The Kier molecular flexibility index (Phi) is 2.83. The van der Waals surface area contributed by atoms with Gasteiger partial charge in [-0.1, -0.05) is 66.2 Å². The lowest BCUT2D eigenvalue weighted by atomic mass is 10.0. The van der Waals surface area contributed by atoms with Gasteiger partial charge in [0.15, 0.2) is 5.15 Å². The first-order valence-corrected chi connectivity index (χ1v) is 7.11. The molecule has 4 rings (SSSR count). The van der Waals surface area contributed by atoms with Crippen molar-refractivity contribution in [1.82, 2.24) is 9.97 Å². The predicted molar refractivity (Wildman–Crippen MR) is 87.5 cm³/mol. The second kappa shape index (κ2) is 4.83. The van der Waals surface area contributed by atoms with E-state index in [4.69, 9.17) is 16.6 Å². The fourth-order valence-electron chi connectivity index (χ4n) is 2.58. The molecule has 0 fully saturated rings. The molecule has 0 saturated carbocycles. The Hall–Kier alpha value is -2.45. The number of hydrogen-bond donors (Lipinski definition) is 0. The minimum atomic E-state index is 0.435. The number of aromatic nitrogens is 2. The summed E-state index contributed by atoms with van der Waals surface area (Å²) in [4.78, 5) is 9.16. The van der Waals surface area contributed by atoms with Crippen LogP contribution in [0.4, 0.5) is 0 Å². The lowest BCUT2D eigenvalue weighted by Gasteiger charge is -2.08. The van der Waals surface area contributed by atoms with E-state index in [0.717, 1.165) is 27.7 Å². The SMILES string of the molecule is Clc1nc2ccccc2nc1-c1cccc2ccccc12. The van der Waals surface area contributed by atoms with Crippen LogP contribution in [0.5, 0.6) is 0 Å². The number of benzene rings is 3. The zero-order valence-electron chi connectivity index (χ0n) is 11.1. The second-order valence-electron chi connectivity index (χ2n) is 4.88. The van der Waals surface area contributed by atoms with Gasteiger partial charge in [0.1, 0.15) is 5.69 Å². The number of rotatable bonds is 1. The van der Waals surface area contributed by atoms with E-state index in [-0.39, 0.29) is 0 Å². The molecular formula is C18H11ClN2. The molecule has 2 nitrogen and oxygen atoms in total. The molecule has 0 atom stereocenters. The number of nitrogens with zero attached hydrogens (tertiary/aromatic N) is 2. The van der Waals surface area contributed by atoms with E-state index in [1.165, 1.54) is 5.39 Å². The number of halogens is 1. The number of para-hydroxylation sites is 2. The molecule has 3 heteroatoms. The Balaban J connectivity index is 2.06. The maximum atomic E-state index is 6.36. The van der Waals surface area contributed by atoms with Crippen molar-refractivity contribution >= 4 is 33.4 Å². The van der Waals surface area contributed by atoms with E-state index in [2.05, 4.69) is 23.2 Å². The fourth-order valence-corrected chi connectivity index (χ4v) is 2.82. The molecule has 0 radical (unpaired) electrons. The average Bonchev–Trinajstić information content (AvgIpc) is 2.54. The van der Waals surface area contributed by atoms with Gasteiger partial charge in [-0.2, -0.15) is 0 Å². The van der Waals surface area contributed by atoms with E-state index < -0.39 is 0 Å². The van der Waals surface area contributed by atoms with Gasteiger partial charge in [-0.25, -0.2) is 9.97 Å². The summed E-state index contributed by atoms with van der Waals surface area (Å²) < 4.78 is 0. The van der Waals surface area contributed by atoms with E-state index >= 15 is 0 Å². The molecule has 0 spiro atoms. The van der Waals surface area contributed by atoms with E-state index in [1.807, 2.05) is 48.5 Å². The van der Waals surface area contributed by atoms with Crippen LogP contribution >= 0.6 is 11.6 Å². The van der Waals surface area contributed by atoms with Gasteiger partial charge >= 0.3 is 0 Å². The molecule has 0 N–H and O–H groups in total. The molecule has 1 aromatic heterocycles. The highest BCUT2D eigenvalue weighted by atomic mass is 35.5. The second-order valence-corrected chi connectivity index (χ2v) is 5.24. The summed E-state index contributed by atoms with van der Waals surface area (Å²) in [5.41, 5.74) is 3.40. The van der Waals surface area contributed by atoms with Crippen LogP contribution in [-0.2, 0) is 0 Å². The van der Waals surface area contributed by atoms with Crippen molar-refractivity contribution in [1.29, 1.82) is 0 Å². The fraction of sp³-hybridized carbons (Fsp3) is 0. The largest absolute Gasteiger partial charge is 0.243 e. The lowest BCUT2D eigenvalue weighted by molar-refractivity contribution is 1.30. The molecule has 0 aliphatic heterocycles. The summed E-state index contributed by atoms with van der Waals surface area (Å²) in [6, 6.07) is 22.1. The first kappa shape index (κ1) is 12.3. The van der Waals surface area contributed by atoms with Crippen LogP contribution in [0.15, 0.2) is 66.7 Å². The van der Waals surface area contributed by atoms with E-state index in [1.54, 1.807) is 0 Å². The van der Waals surface area contributed by atoms with Crippen molar-refractivity contribution in [2.24, 2.45) is 0 Å². The van der Waals surface area contributed by atoms with Gasteiger partial charge in [-0.05, 0) is 22.9 Å². The van der Waals surface area contributed by atoms with Crippen molar-refractivity contribution in [3.8, 4) is 11.3 Å². The summed E-state index contributed by atoms with van der Waals surface area (Å²) in [7, 11) is 0. The van der Waals surface area contributed by atoms with Gasteiger partial charge in [0.05, 0.1) is 11.0 Å². The zero-order valence-corrected chi connectivity index (χ0v) is 11.9. The highest BCUT2D eigenvalue weighted by Crippen LogP contribution is 2.32. The Morgan fingerprint density at radius 2 is 1.33 bits per heavy atom. The molecule has 1 heterocycles. The van der Waals surface area contributed by atoms with Gasteiger partial charge in [0.2, 0.25) is 0 Å². The summed E-state index contributed by atoms with van der Waals surface area (Å²) in [6.45, 7) is 0. The topological polar surface area (TPSA) is 25.8 Å². The Morgan fingerprint density at radius 1 is 0.667 bits per heavy atom. The highest BCUT2D eigenvalue weighted by Gasteiger charge is 2.11. The smallest absolute Gasteiger partial charge is 0.156 e. The molecule has 0 bridgehead atoms. The summed E-state index contributed by atoms with van der Waals surface area (Å²) in [6.07, 6.45) is 0. The highest BCUT2D eigenvalue weighted by molar-refractivity contribution is 6.32. The monoisotopic (exact) mass is 290 g/mol. The first-order chi connectivity index (χ1) is 10.3. The minimum Gasteiger partial charge on any atom is -0.243 e. The van der Waals surface area contributed by atoms with Crippen LogP contribution in [0, 0.1) is 0 Å². The van der Waals surface area contributed by atoms with Gasteiger partial charge in [-0.15, -0.1) is 0 Å². The Labute approximate surface area is 127 Å². The molecule has 0 unspecified atom stereocenters. The molecule has 0 saturated heterocycles. The van der Waals surface area contributed by atoms with Gasteiger partial charge in [-0.3, -0.25) is 0 Å². The third-order valence-corrected chi connectivity index (χ3v) is 3.84. The number of hydrogen-bond acceptors (Lipinski definition) is 2. The van der Waals surface area contributed by atoms with Gasteiger partial charge < -0.3 is 0 Å². The molecule has 100 valence electrons.